The van der Waals surface area contributed by atoms with Crippen LogP contribution >= 0.6 is 0 Å². The van der Waals surface area contributed by atoms with Crippen molar-refractivity contribution in [3.05, 3.63) is 35.4 Å². The zero-order valence-corrected chi connectivity index (χ0v) is 8.12. The van der Waals surface area contributed by atoms with E-state index in [1.165, 1.54) is 11.1 Å². The Morgan fingerprint density at radius 3 is 2.69 bits per heavy atom. The molecule has 0 aliphatic carbocycles. The number of aryl methyl sites for hydroxylation is 2. The molecule has 0 saturated heterocycles. The molecular weight excluding hydrogens is 160 g/mol. The number of unbranched alkanes of at least 4 members (excludes halogenated alkanes) is 2. The van der Waals surface area contributed by atoms with Crippen LogP contribution in [0.4, 0.5) is 0 Å². The van der Waals surface area contributed by atoms with Crippen molar-refractivity contribution in [2.45, 2.75) is 32.6 Å². The van der Waals surface area contributed by atoms with E-state index in [-0.39, 0.29) is 0 Å². The Kier molecular flexibility index (Phi) is 4.24. The average Bonchev–Trinajstić information content (AvgIpc) is 2.15. The molecule has 0 spiro atoms. The Morgan fingerprint density at radius 1 is 1.23 bits per heavy atom. The third-order valence-corrected chi connectivity index (χ3v) is 2.28. The van der Waals surface area contributed by atoms with Gasteiger partial charge in [-0.15, -0.1) is 0 Å². The topological polar surface area (TPSA) is 17.1 Å². The van der Waals surface area contributed by atoms with Crippen LogP contribution in [0.25, 0.3) is 0 Å². The number of carbonyl (C=O) groups is 1. The van der Waals surface area contributed by atoms with Crippen LogP contribution in [-0.2, 0) is 11.2 Å². The van der Waals surface area contributed by atoms with E-state index in [1.54, 1.807) is 0 Å². The van der Waals surface area contributed by atoms with Gasteiger partial charge in [0.1, 0.15) is 6.29 Å². The molecule has 13 heavy (non-hydrogen) atoms. The summed E-state index contributed by atoms with van der Waals surface area (Å²) in [6.45, 7) is 2.13. The average molecular weight is 176 g/mol. The molecule has 70 valence electrons. The summed E-state index contributed by atoms with van der Waals surface area (Å²) in [6, 6.07) is 8.43. The van der Waals surface area contributed by atoms with Gasteiger partial charge in [0.15, 0.2) is 0 Å². The van der Waals surface area contributed by atoms with Crippen molar-refractivity contribution in [3.63, 3.8) is 0 Å². The van der Waals surface area contributed by atoms with Gasteiger partial charge in [0.05, 0.1) is 0 Å². The van der Waals surface area contributed by atoms with Gasteiger partial charge < -0.3 is 4.79 Å². The number of aldehydes is 1. The molecule has 0 amide bonds. The summed E-state index contributed by atoms with van der Waals surface area (Å²) in [5.74, 6) is 0. The van der Waals surface area contributed by atoms with Gasteiger partial charge in [-0.1, -0.05) is 24.3 Å². The van der Waals surface area contributed by atoms with Crippen LogP contribution in [0, 0.1) is 6.92 Å². The molecule has 1 aromatic carbocycles. The minimum atomic E-state index is 0.700. The second-order valence-corrected chi connectivity index (χ2v) is 3.34. The number of carbonyl (C=O) groups excluding carboxylic acids is 1. The van der Waals surface area contributed by atoms with Crippen LogP contribution in [0.15, 0.2) is 24.3 Å². The van der Waals surface area contributed by atoms with Crippen LogP contribution < -0.4 is 0 Å². The summed E-state index contributed by atoms with van der Waals surface area (Å²) >= 11 is 0. The Morgan fingerprint density at radius 2 is 2.00 bits per heavy atom. The molecule has 1 heteroatoms. The second-order valence-electron chi connectivity index (χ2n) is 3.34. The molecule has 0 heterocycles. The normalized spacial score (nSPS) is 9.92. The highest BCUT2D eigenvalue weighted by molar-refractivity contribution is 5.48. The number of rotatable bonds is 5. The third kappa shape index (κ3) is 3.41. The van der Waals surface area contributed by atoms with E-state index in [9.17, 15) is 4.79 Å². The lowest BCUT2D eigenvalue weighted by Gasteiger charge is -2.03. The predicted octanol–water partition coefficient (Wildman–Crippen LogP) is 2.91. The SMILES string of the molecule is Cc1ccccc1CCCCC=O. The Hall–Kier alpha value is -1.11. The molecule has 0 aliphatic heterocycles. The third-order valence-electron chi connectivity index (χ3n) is 2.28. The lowest BCUT2D eigenvalue weighted by atomic mass is 10.0. The molecule has 1 nitrogen and oxygen atoms in total. The minimum absolute atomic E-state index is 0.700. The molecule has 0 fully saturated rings. The number of benzene rings is 1. The van der Waals surface area contributed by atoms with Crippen LogP contribution in [-0.4, -0.2) is 6.29 Å². The summed E-state index contributed by atoms with van der Waals surface area (Å²) in [5.41, 5.74) is 2.77. The minimum Gasteiger partial charge on any atom is -0.303 e. The number of hydrogen-bond donors (Lipinski definition) is 0. The summed E-state index contributed by atoms with van der Waals surface area (Å²) < 4.78 is 0. The molecule has 0 bridgehead atoms. The van der Waals surface area contributed by atoms with Gasteiger partial charge >= 0.3 is 0 Å². The van der Waals surface area contributed by atoms with E-state index in [2.05, 4.69) is 31.2 Å². The van der Waals surface area contributed by atoms with E-state index < -0.39 is 0 Å². The van der Waals surface area contributed by atoms with Gasteiger partial charge in [-0.2, -0.15) is 0 Å². The van der Waals surface area contributed by atoms with Gasteiger partial charge in [0, 0.05) is 6.42 Å². The van der Waals surface area contributed by atoms with Crippen molar-refractivity contribution in [3.8, 4) is 0 Å². The van der Waals surface area contributed by atoms with E-state index in [0.29, 0.717) is 6.42 Å². The van der Waals surface area contributed by atoms with Crippen LogP contribution in [0.3, 0.4) is 0 Å². The smallest absolute Gasteiger partial charge is 0.119 e. The van der Waals surface area contributed by atoms with Gasteiger partial charge in [-0.05, 0) is 37.3 Å². The van der Waals surface area contributed by atoms with Crippen LogP contribution in [0.2, 0.25) is 0 Å². The molecule has 1 aromatic rings. The second kappa shape index (κ2) is 5.52. The van der Waals surface area contributed by atoms with Gasteiger partial charge in [-0.3, -0.25) is 0 Å². The van der Waals surface area contributed by atoms with E-state index >= 15 is 0 Å². The highest BCUT2D eigenvalue weighted by Crippen LogP contribution is 2.10. The zero-order valence-electron chi connectivity index (χ0n) is 8.12. The van der Waals surface area contributed by atoms with E-state index in [0.717, 1.165) is 25.5 Å². The molecule has 1 rings (SSSR count). The fourth-order valence-electron chi connectivity index (χ4n) is 1.43. The molecule has 0 saturated carbocycles. The maximum Gasteiger partial charge on any atom is 0.119 e. The van der Waals surface area contributed by atoms with Gasteiger partial charge in [-0.25, -0.2) is 0 Å². The van der Waals surface area contributed by atoms with Crippen molar-refractivity contribution >= 4 is 6.29 Å². The fraction of sp³-hybridized carbons (Fsp3) is 0.417. The summed E-state index contributed by atoms with van der Waals surface area (Å²) in [7, 11) is 0. The maximum atomic E-state index is 10.1. The lowest BCUT2D eigenvalue weighted by molar-refractivity contribution is -0.107. The molecule has 0 atom stereocenters. The zero-order chi connectivity index (χ0) is 9.52. The van der Waals surface area contributed by atoms with Crippen molar-refractivity contribution in [1.82, 2.24) is 0 Å². The Balaban J connectivity index is 2.36. The van der Waals surface area contributed by atoms with Gasteiger partial charge in [0.2, 0.25) is 0 Å². The van der Waals surface area contributed by atoms with Crippen LogP contribution in [0.5, 0.6) is 0 Å². The van der Waals surface area contributed by atoms with Crippen molar-refractivity contribution in [1.29, 1.82) is 0 Å². The summed E-state index contributed by atoms with van der Waals surface area (Å²) in [5, 5.41) is 0. The highest BCUT2D eigenvalue weighted by atomic mass is 16.1. The molecule has 0 aromatic heterocycles. The first-order valence-corrected chi connectivity index (χ1v) is 4.82. The first kappa shape index (κ1) is 9.97. The number of hydrogen-bond acceptors (Lipinski definition) is 1. The molecule has 0 aliphatic rings. The van der Waals surface area contributed by atoms with Crippen molar-refractivity contribution in [2.24, 2.45) is 0 Å². The monoisotopic (exact) mass is 176 g/mol. The summed E-state index contributed by atoms with van der Waals surface area (Å²) in [4.78, 5) is 10.1. The molecule has 0 radical (unpaired) electrons. The molecule has 0 N–H and O–H groups in total. The van der Waals surface area contributed by atoms with Crippen LogP contribution in [0.1, 0.15) is 30.4 Å². The molecular formula is C12H16O. The quantitative estimate of drug-likeness (QED) is 0.498. The standard InChI is InChI=1S/C12H16O/c1-11-7-4-5-9-12(11)8-3-2-6-10-13/h4-5,7,9-10H,2-3,6,8H2,1H3. The summed E-state index contributed by atoms with van der Waals surface area (Å²) in [6.07, 6.45) is 4.92. The van der Waals surface area contributed by atoms with Crippen molar-refractivity contribution in [2.75, 3.05) is 0 Å². The largest absolute Gasteiger partial charge is 0.303 e. The van der Waals surface area contributed by atoms with E-state index in [4.69, 9.17) is 0 Å². The van der Waals surface area contributed by atoms with Crippen molar-refractivity contribution < 1.29 is 4.79 Å². The van der Waals surface area contributed by atoms with Gasteiger partial charge in [0.25, 0.3) is 0 Å². The maximum absolute atomic E-state index is 10.1. The van der Waals surface area contributed by atoms with E-state index in [1.807, 2.05) is 0 Å². The lowest BCUT2D eigenvalue weighted by Crippen LogP contribution is -1.89. The Bertz CT molecular complexity index is 266. The first-order valence-electron chi connectivity index (χ1n) is 4.82. The first-order chi connectivity index (χ1) is 6.34. The predicted molar refractivity (Wildman–Crippen MR) is 54.8 cm³/mol. The molecule has 0 unspecified atom stereocenters. The fourth-order valence-corrected chi connectivity index (χ4v) is 1.43. The Labute approximate surface area is 79.8 Å². The highest BCUT2D eigenvalue weighted by Gasteiger charge is 1.95.